The van der Waals surface area contributed by atoms with E-state index in [4.69, 9.17) is 5.73 Å². The molecule has 84 valence electrons. The van der Waals surface area contributed by atoms with E-state index in [2.05, 4.69) is 29.1 Å². The molecular formula is C12H21N3. The molecule has 2 rings (SSSR count). The number of aromatic amines is 1. The maximum absolute atomic E-state index is 5.69. The van der Waals surface area contributed by atoms with Crippen LogP contribution in [0.2, 0.25) is 0 Å². The van der Waals surface area contributed by atoms with Crippen LogP contribution in [0.4, 0.5) is 5.82 Å². The minimum Gasteiger partial charge on any atom is -0.385 e. The van der Waals surface area contributed by atoms with Gasteiger partial charge in [0.2, 0.25) is 0 Å². The largest absolute Gasteiger partial charge is 0.385 e. The lowest BCUT2D eigenvalue weighted by atomic mass is 9.91. The topological polar surface area (TPSA) is 45.0 Å². The number of piperidine rings is 1. The molecule has 0 aliphatic carbocycles. The molecule has 0 saturated carbocycles. The van der Waals surface area contributed by atoms with Crippen molar-refractivity contribution in [3.05, 3.63) is 17.8 Å². The highest BCUT2D eigenvalue weighted by molar-refractivity contribution is 5.35. The minimum atomic E-state index is 0.714. The minimum absolute atomic E-state index is 0.714. The van der Waals surface area contributed by atoms with Crippen molar-refractivity contribution in [3.8, 4) is 0 Å². The van der Waals surface area contributed by atoms with E-state index >= 15 is 0 Å². The van der Waals surface area contributed by atoms with Crippen LogP contribution < -0.4 is 5.73 Å². The van der Waals surface area contributed by atoms with Gasteiger partial charge in [0.25, 0.3) is 0 Å². The van der Waals surface area contributed by atoms with Crippen LogP contribution in [0.5, 0.6) is 0 Å². The Morgan fingerprint density at radius 1 is 1.47 bits per heavy atom. The van der Waals surface area contributed by atoms with E-state index < -0.39 is 0 Å². The number of nitrogen functional groups attached to an aromatic ring is 1. The third-order valence-corrected chi connectivity index (χ3v) is 3.33. The van der Waals surface area contributed by atoms with Crippen molar-refractivity contribution in [2.45, 2.75) is 32.1 Å². The predicted molar refractivity (Wildman–Crippen MR) is 63.9 cm³/mol. The molecule has 1 aliphatic rings. The van der Waals surface area contributed by atoms with Crippen LogP contribution in [0.3, 0.4) is 0 Å². The summed E-state index contributed by atoms with van der Waals surface area (Å²) in [6.07, 6.45) is 5.88. The second kappa shape index (κ2) is 4.71. The van der Waals surface area contributed by atoms with Crippen molar-refractivity contribution in [1.82, 2.24) is 9.88 Å². The summed E-state index contributed by atoms with van der Waals surface area (Å²) in [6.45, 7) is 5.98. The zero-order valence-corrected chi connectivity index (χ0v) is 9.50. The predicted octanol–water partition coefficient (Wildman–Crippen LogP) is 2.19. The summed E-state index contributed by atoms with van der Waals surface area (Å²) in [5, 5.41) is 0. The average molecular weight is 207 g/mol. The third-order valence-electron chi connectivity index (χ3n) is 3.33. The maximum atomic E-state index is 5.69. The molecule has 0 aromatic carbocycles. The summed E-state index contributed by atoms with van der Waals surface area (Å²) >= 11 is 0. The lowest BCUT2D eigenvalue weighted by molar-refractivity contribution is 0.213. The smallest absolute Gasteiger partial charge is 0.100 e. The van der Waals surface area contributed by atoms with Crippen LogP contribution in [0.15, 0.2) is 12.3 Å². The van der Waals surface area contributed by atoms with Gasteiger partial charge in [0, 0.05) is 6.20 Å². The normalized spacial score (nSPS) is 19.5. The lowest BCUT2D eigenvalue weighted by Gasteiger charge is -2.31. The van der Waals surface area contributed by atoms with Crippen molar-refractivity contribution in [2.24, 2.45) is 0 Å². The number of aromatic nitrogens is 1. The number of nitrogens with two attached hydrogens (primary N) is 1. The summed E-state index contributed by atoms with van der Waals surface area (Å²) in [4.78, 5) is 5.63. The molecule has 1 aromatic rings. The molecule has 0 bridgehead atoms. The lowest BCUT2D eigenvalue weighted by Crippen LogP contribution is -2.33. The van der Waals surface area contributed by atoms with Gasteiger partial charge in [-0.05, 0) is 56.4 Å². The third kappa shape index (κ3) is 2.53. The second-order valence-corrected chi connectivity index (χ2v) is 4.50. The highest BCUT2D eigenvalue weighted by Crippen LogP contribution is 2.28. The molecule has 3 heteroatoms. The first-order valence-electron chi connectivity index (χ1n) is 5.95. The van der Waals surface area contributed by atoms with Gasteiger partial charge in [-0.1, -0.05) is 6.92 Å². The van der Waals surface area contributed by atoms with Crippen LogP contribution in [0.1, 0.15) is 37.7 Å². The molecule has 3 nitrogen and oxygen atoms in total. The number of likely N-dealkylation sites (tertiary alicyclic amines) is 1. The summed E-state index contributed by atoms with van der Waals surface area (Å²) in [6, 6.07) is 2.08. The second-order valence-electron chi connectivity index (χ2n) is 4.50. The van der Waals surface area contributed by atoms with Crippen molar-refractivity contribution in [2.75, 3.05) is 25.4 Å². The molecule has 15 heavy (non-hydrogen) atoms. The molecule has 0 spiro atoms. The van der Waals surface area contributed by atoms with E-state index in [1.165, 1.54) is 44.5 Å². The van der Waals surface area contributed by atoms with Crippen LogP contribution in [-0.4, -0.2) is 29.5 Å². The van der Waals surface area contributed by atoms with E-state index in [1.807, 2.05) is 0 Å². The first-order chi connectivity index (χ1) is 7.29. The number of nitrogens with zero attached hydrogens (tertiary/aromatic N) is 1. The zero-order valence-electron chi connectivity index (χ0n) is 9.50. The Morgan fingerprint density at radius 3 is 2.73 bits per heavy atom. The molecule has 0 atom stereocenters. The van der Waals surface area contributed by atoms with Gasteiger partial charge in [0.05, 0.1) is 0 Å². The highest BCUT2D eigenvalue weighted by atomic mass is 15.1. The molecule has 1 saturated heterocycles. The van der Waals surface area contributed by atoms with Crippen LogP contribution >= 0.6 is 0 Å². The molecule has 0 radical (unpaired) electrons. The van der Waals surface area contributed by atoms with Gasteiger partial charge in [0.15, 0.2) is 0 Å². The Hall–Kier alpha value is -0.960. The van der Waals surface area contributed by atoms with Crippen LogP contribution in [0.25, 0.3) is 0 Å². The van der Waals surface area contributed by atoms with Gasteiger partial charge in [-0.25, -0.2) is 0 Å². The first-order valence-corrected chi connectivity index (χ1v) is 5.95. The zero-order chi connectivity index (χ0) is 10.7. The van der Waals surface area contributed by atoms with E-state index in [0.717, 1.165) is 5.82 Å². The van der Waals surface area contributed by atoms with E-state index in [-0.39, 0.29) is 0 Å². The fourth-order valence-corrected chi connectivity index (χ4v) is 2.47. The molecule has 0 unspecified atom stereocenters. The van der Waals surface area contributed by atoms with Crippen LogP contribution in [-0.2, 0) is 0 Å². The molecule has 0 amide bonds. The summed E-state index contributed by atoms with van der Waals surface area (Å²) < 4.78 is 0. The number of hydrogen-bond donors (Lipinski definition) is 2. The highest BCUT2D eigenvalue weighted by Gasteiger charge is 2.20. The number of hydrogen-bond acceptors (Lipinski definition) is 2. The summed E-state index contributed by atoms with van der Waals surface area (Å²) in [7, 11) is 0. The average Bonchev–Trinajstić information content (AvgIpc) is 2.67. The van der Waals surface area contributed by atoms with E-state index in [9.17, 15) is 0 Å². The Kier molecular flexibility index (Phi) is 3.31. The van der Waals surface area contributed by atoms with Crippen LogP contribution in [0, 0.1) is 0 Å². The fourth-order valence-electron chi connectivity index (χ4n) is 2.47. The van der Waals surface area contributed by atoms with Gasteiger partial charge >= 0.3 is 0 Å². The van der Waals surface area contributed by atoms with Gasteiger partial charge < -0.3 is 15.6 Å². The van der Waals surface area contributed by atoms with Gasteiger partial charge in [0.1, 0.15) is 5.82 Å². The van der Waals surface area contributed by atoms with Crippen molar-refractivity contribution >= 4 is 5.82 Å². The maximum Gasteiger partial charge on any atom is 0.100 e. The Labute approximate surface area is 91.7 Å². The molecule has 1 aliphatic heterocycles. The number of anilines is 1. The molecular weight excluding hydrogens is 186 g/mol. The van der Waals surface area contributed by atoms with Crippen molar-refractivity contribution in [3.63, 3.8) is 0 Å². The SMILES string of the molecule is CCCN1CCC(c2c[nH]c(N)c2)CC1. The van der Waals surface area contributed by atoms with Gasteiger partial charge in [-0.2, -0.15) is 0 Å². The summed E-state index contributed by atoms with van der Waals surface area (Å²) in [5.41, 5.74) is 7.09. The Bertz CT molecular complexity index is 298. The van der Waals surface area contributed by atoms with E-state index in [0.29, 0.717) is 5.92 Å². The number of H-pyrrole nitrogens is 1. The number of nitrogens with one attached hydrogen (secondary N) is 1. The molecule has 1 fully saturated rings. The van der Waals surface area contributed by atoms with Crippen molar-refractivity contribution in [1.29, 1.82) is 0 Å². The van der Waals surface area contributed by atoms with E-state index in [1.54, 1.807) is 0 Å². The number of rotatable bonds is 3. The molecule has 3 N–H and O–H groups in total. The molecule has 1 aromatic heterocycles. The summed E-state index contributed by atoms with van der Waals surface area (Å²) in [5.74, 6) is 1.51. The molecule has 2 heterocycles. The quantitative estimate of drug-likeness (QED) is 0.798. The standard InChI is InChI=1S/C12H21N3/c1-2-5-15-6-3-10(4-7-15)11-8-12(13)14-9-11/h8-10,14H,2-7,13H2,1H3. The monoisotopic (exact) mass is 207 g/mol. The first kappa shape index (κ1) is 10.6. The van der Waals surface area contributed by atoms with Gasteiger partial charge in [-0.3, -0.25) is 0 Å². The fraction of sp³-hybridized carbons (Fsp3) is 0.667. The Morgan fingerprint density at radius 2 is 2.20 bits per heavy atom. The van der Waals surface area contributed by atoms with Crippen molar-refractivity contribution < 1.29 is 0 Å². The van der Waals surface area contributed by atoms with Gasteiger partial charge in [-0.15, -0.1) is 0 Å². The Balaban J connectivity index is 1.88.